The van der Waals surface area contributed by atoms with E-state index in [1.54, 1.807) is 4.90 Å². The molecule has 1 atom stereocenters. The maximum Gasteiger partial charge on any atom is 0.410 e. The predicted molar refractivity (Wildman–Crippen MR) is 65.6 cm³/mol. The molecule has 17 heavy (non-hydrogen) atoms. The summed E-state index contributed by atoms with van der Waals surface area (Å²) in [5.74, 6) is 2.58. The fraction of sp³-hybridized carbons (Fsp3) is 0.769. The summed E-state index contributed by atoms with van der Waals surface area (Å²) in [6.07, 6.45) is 6.44. The lowest BCUT2D eigenvalue weighted by atomic mass is 10.1. The van der Waals surface area contributed by atoms with Gasteiger partial charge in [-0.2, -0.15) is 0 Å². The van der Waals surface area contributed by atoms with Crippen LogP contribution in [0.5, 0.6) is 0 Å². The van der Waals surface area contributed by atoms with E-state index in [4.69, 9.17) is 15.9 Å². The van der Waals surface area contributed by atoms with Crippen LogP contribution in [-0.2, 0) is 9.47 Å². The molecule has 0 saturated carbocycles. The Morgan fingerprint density at radius 3 is 2.88 bits per heavy atom. The number of amides is 1. The summed E-state index contributed by atoms with van der Waals surface area (Å²) in [5, 5.41) is 0. The van der Waals surface area contributed by atoms with Gasteiger partial charge in [-0.25, -0.2) is 4.79 Å². The highest BCUT2D eigenvalue weighted by atomic mass is 16.6. The molecular weight excluding hydrogens is 218 g/mol. The lowest BCUT2D eigenvalue weighted by molar-refractivity contribution is -0.0439. The van der Waals surface area contributed by atoms with E-state index in [1.165, 1.54) is 0 Å². The SMILES string of the molecule is C#CCCC1CN(C(=O)OC(C)(C)C)CCO1. The van der Waals surface area contributed by atoms with Gasteiger partial charge in [0.15, 0.2) is 0 Å². The van der Waals surface area contributed by atoms with Gasteiger partial charge in [-0.05, 0) is 27.2 Å². The second-order valence-electron chi connectivity index (χ2n) is 5.16. The highest BCUT2D eigenvalue weighted by Crippen LogP contribution is 2.15. The molecule has 0 spiro atoms. The molecule has 0 aromatic heterocycles. The van der Waals surface area contributed by atoms with Gasteiger partial charge in [-0.1, -0.05) is 0 Å². The van der Waals surface area contributed by atoms with Crippen LogP contribution in [-0.4, -0.2) is 42.4 Å². The first-order chi connectivity index (χ1) is 7.92. The van der Waals surface area contributed by atoms with E-state index in [-0.39, 0.29) is 12.2 Å². The number of rotatable bonds is 2. The van der Waals surface area contributed by atoms with E-state index < -0.39 is 5.60 Å². The standard InChI is InChI=1S/C13H21NO3/c1-5-6-7-11-10-14(8-9-16-11)12(15)17-13(2,3)4/h1,11H,6-10H2,2-4H3. The summed E-state index contributed by atoms with van der Waals surface area (Å²) in [6, 6.07) is 0. The van der Waals surface area contributed by atoms with Gasteiger partial charge in [-0.15, -0.1) is 12.3 Å². The maximum absolute atomic E-state index is 11.8. The number of nitrogens with zero attached hydrogens (tertiary/aromatic N) is 1. The van der Waals surface area contributed by atoms with Crippen molar-refractivity contribution in [3.05, 3.63) is 0 Å². The summed E-state index contributed by atoms with van der Waals surface area (Å²) >= 11 is 0. The van der Waals surface area contributed by atoms with Crippen molar-refractivity contribution < 1.29 is 14.3 Å². The Balaban J connectivity index is 2.43. The zero-order valence-electron chi connectivity index (χ0n) is 10.9. The van der Waals surface area contributed by atoms with Crippen molar-refractivity contribution in [1.82, 2.24) is 4.90 Å². The van der Waals surface area contributed by atoms with Crippen LogP contribution in [0.2, 0.25) is 0 Å². The van der Waals surface area contributed by atoms with E-state index in [0.717, 1.165) is 6.42 Å². The van der Waals surface area contributed by atoms with Crippen molar-refractivity contribution in [2.24, 2.45) is 0 Å². The minimum absolute atomic E-state index is 0.0346. The second kappa shape index (κ2) is 5.92. The van der Waals surface area contributed by atoms with Crippen molar-refractivity contribution >= 4 is 6.09 Å². The number of carbonyl (C=O) groups is 1. The Kier molecular flexibility index (Phi) is 4.83. The minimum Gasteiger partial charge on any atom is -0.444 e. The van der Waals surface area contributed by atoms with Crippen LogP contribution in [0.15, 0.2) is 0 Å². The quantitative estimate of drug-likeness (QED) is 0.692. The van der Waals surface area contributed by atoms with Crippen LogP contribution in [0.25, 0.3) is 0 Å². The maximum atomic E-state index is 11.8. The summed E-state index contributed by atoms with van der Waals surface area (Å²) < 4.78 is 10.9. The van der Waals surface area contributed by atoms with Gasteiger partial charge in [0.1, 0.15) is 5.60 Å². The molecule has 0 aromatic rings. The lowest BCUT2D eigenvalue weighted by Gasteiger charge is -2.34. The van der Waals surface area contributed by atoms with Crippen LogP contribution < -0.4 is 0 Å². The number of hydrogen-bond donors (Lipinski definition) is 0. The van der Waals surface area contributed by atoms with Gasteiger partial charge in [0.2, 0.25) is 0 Å². The van der Waals surface area contributed by atoms with E-state index in [1.807, 2.05) is 20.8 Å². The molecule has 0 N–H and O–H groups in total. The summed E-state index contributed by atoms with van der Waals surface area (Å²) in [6.45, 7) is 7.29. The molecule has 4 nitrogen and oxygen atoms in total. The third kappa shape index (κ3) is 5.10. The Morgan fingerprint density at radius 1 is 1.59 bits per heavy atom. The smallest absolute Gasteiger partial charge is 0.410 e. The molecule has 4 heteroatoms. The minimum atomic E-state index is -0.455. The summed E-state index contributed by atoms with van der Waals surface area (Å²) in [5.41, 5.74) is -0.455. The molecule has 1 amide bonds. The Morgan fingerprint density at radius 2 is 2.29 bits per heavy atom. The van der Waals surface area contributed by atoms with Crippen molar-refractivity contribution in [3.8, 4) is 12.3 Å². The van der Waals surface area contributed by atoms with Gasteiger partial charge >= 0.3 is 6.09 Å². The molecule has 1 fully saturated rings. The van der Waals surface area contributed by atoms with Crippen LogP contribution in [0, 0.1) is 12.3 Å². The average Bonchev–Trinajstić information content (AvgIpc) is 2.24. The molecule has 1 unspecified atom stereocenters. The molecule has 1 aliphatic rings. The van der Waals surface area contributed by atoms with Crippen molar-refractivity contribution in [1.29, 1.82) is 0 Å². The third-order valence-corrected chi connectivity index (χ3v) is 2.40. The molecule has 1 rings (SSSR count). The zero-order valence-corrected chi connectivity index (χ0v) is 10.9. The Labute approximate surface area is 103 Å². The molecule has 1 heterocycles. The molecule has 0 aromatic carbocycles. The number of hydrogen-bond acceptors (Lipinski definition) is 3. The van der Waals surface area contributed by atoms with Crippen molar-refractivity contribution in [2.75, 3.05) is 19.7 Å². The van der Waals surface area contributed by atoms with E-state index >= 15 is 0 Å². The van der Waals surface area contributed by atoms with E-state index in [2.05, 4.69) is 5.92 Å². The molecular formula is C13H21NO3. The monoisotopic (exact) mass is 239 g/mol. The molecule has 1 saturated heterocycles. The van der Waals surface area contributed by atoms with Crippen molar-refractivity contribution in [2.45, 2.75) is 45.3 Å². The number of morpholine rings is 1. The predicted octanol–water partition coefficient (Wildman–Crippen LogP) is 2.04. The highest BCUT2D eigenvalue weighted by molar-refractivity contribution is 5.68. The molecule has 1 aliphatic heterocycles. The molecule has 0 aliphatic carbocycles. The van der Waals surface area contributed by atoms with Crippen molar-refractivity contribution in [3.63, 3.8) is 0 Å². The first-order valence-electron chi connectivity index (χ1n) is 5.95. The van der Waals surface area contributed by atoms with Gasteiger partial charge < -0.3 is 14.4 Å². The van der Waals surface area contributed by atoms with Gasteiger partial charge in [0.05, 0.1) is 19.3 Å². The zero-order chi connectivity index (χ0) is 12.9. The lowest BCUT2D eigenvalue weighted by Crippen LogP contribution is -2.47. The highest BCUT2D eigenvalue weighted by Gasteiger charge is 2.27. The van der Waals surface area contributed by atoms with Gasteiger partial charge in [0.25, 0.3) is 0 Å². The Hall–Kier alpha value is -1.21. The molecule has 96 valence electrons. The molecule has 0 radical (unpaired) electrons. The van der Waals surface area contributed by atoms with Crippen LogP contribution in [0.3, 0.4) is 0 Å². The summed E-state index contributed by atoms with van der Waals surface area (Å²) in [4.78, 5) is 13.5. The molecule has 0 bridgehead atoms. The Bertz CT molecular complexity index is 301. The number of carbonyl (C=O) groups excluding carboxylic acids is 1. The third-order valence-electron chi connectivity index (χ3n) is 2.40. The number of ether oxygens (including phenoxy) is 2. The first kappa shape index (κ1) is 13.9. The van der Waals surface area contributed by atoms with Crippen LogP contribution in [0.1, 0.15) is 33.6 Å². The van der Waals surface area contributed by atoms with Crippen LogP contribution >= 0.6 is 0 Å². The average molecular weight is 239 g/mol. The summed E-state index contributed by atoms with van der Waals surface area (Å²) in [7, 11) is 0. The second-order valence-corrected chi connectivity index (χ2v) is 5.16. The van der Waals surface area contributed by atoms with E-state index in [0.29, 0.717) is 26.1 Å². The fourth-order valence-corrected chi connectivity index (χ4v) is 1.63. The topological polar surface area (TPSA) is 38.8 Å². The van der Waals surface area contributed by atoms with E-state index in [9.17, 15) is 4.79 Å². The number of terminal acetylenes is 1. The van der Waals surface area contributed by atoms with Gasteiger partial charge in [-0.3, -0.25) is 0 Å². The largest absolute Gasteiger partial charge is 0.444 e. The fourth-order valence-electron chi connectivity index (χ4n) is 1.63. The van der Waals surface area contributed by atoms with Gasteiger partial charge in [0, 0.05) is 13.0 Å². The first-order valence-corrected chi connectivity index (χ1v) is 5.95. The van der Waals surface area contributed by atoms with Crippen LogP contribution in [0.4, 0.5) is 4.79 Å². The normalized spacial score (nSPS) is 20.8.